The van der Waals surface area contributed by atoms with E-state index in [4.69, 9.17) is 4.74 Å². The summed E-state index contributed by atoms with van der Waals surface area (Å²) < 4.78 is 5.04. The van der Waals surface area contributed by atoms with E-state index in [1.165, 1.54) is 4.90 Å². The fourth-order valence-corrected chi connectivity index (χ4v) is 3.65. The molecule has 2 rings (SSSR count). The number of carboxylic acid groups (broad SMARTS) is 1. The van der Waals surface area contributed by atoms with Gasteiger partial charge in [-0.15, -0.1) is 12.4 Å². The van der Waals surface area contributed by atoms with Gasteiger partial charge < -0.3 is 14.7 Å². The van der Waals surface area contributed by atoms with Gasteiger partial charge in [-0.2, -0.15) is 0 Å². The van der Waals surface area contributed by atoms with Crippen LogP contribution in [0.2, 0.25) is 0 Å². The predicted octanol–water partition coefficient (Wildman–Crippen LogP) is 2.42. The number of rotatable bonds is 10. The zero-order valence-electron chi connectivity index (χ0n) is 17.0. The minimum Gasteiger partial charge on any atom is -0.480 e. The van der Waals surface area contributed by atoms with Crippen molar-refractivity contribution in [1.29, 1.82) is 0 Å². The van der Waals surface area contributed by atoms with Crippen molar-refractivity contribution in [3.8, 4) is 0 Å². The van der Waals surface area contributed by atoms with Gasteiger partial charge in [-0.05, 0) is 38.7 Å². The SMILES string of the molecule is CCOC(=O)C(C)N[C@@H](Cc1ccccc1)C(=O)N(CC(=O)O)C1CCCC1.Cl. The van der Waals surface area contributed by atoms with E-state index >= 15 is 0 Å². The van der Waals surface area contributed by atoms with Crippen LogP contribution in [0, 0.1) is 0 Å². The minimum atomic E-state index is -1.03. The maximum Gasteiger partial charge on any atom is 0.323 e. The molecule has 0 radical (unpaired) electrons. The number of hydrogen-bond acceptors (Lipinski definition) is 5. The lowest BCUT2D eigenvalue weighted by atomic mass is 10.0. The smallest absolute Gasteiger partial charge is 0.323 e. The van der Waals surface area contributed by atoms with Crippen LogP contribution in [0.4, 0.5) is 0 Å². The molecule has 162 valence electrons. The zero-order valence-corrected chi connectivity index (χ0v) is 17.8. The van der Waals surface area contributed by atoms with Crippen LogP contribution >= 0.6 is 12.4 Å². The molecule has 1 saturated carbocycles. The zero-order chi connectivity index (χ0) is 20.5. The standard InChI is InChI=1S/C21H30N2O5.ClH/c1-3-28-21(27)15(2)22-18(13-16-9-5-4-6-10-16)20(26)23(14-19(24)25)17-11-7-8-12-17;/h4-6,9-10,15,17-18,22H,3,7-8,11-14H2,1-2H3,(H,24,25);1H/t15?,18-;/m0./s1. The number of carbonyl (C=O) groups is 3. The molecule has 1 aromatic rings. The number of halogens is 1. The molecule has 0 aromatic heterocycles. The second kappa shape index (κ2) is 12.4. The van der Waals surface area contributed by atoms with Gasteiger partial charge in [0.1, 0.15) is 12.6 Å². The van der Waals surface area contributed by atoms with Crippen molar-refractivity contribution < 1.29 is 24.2 Å². The molecule has 1 aromatic carbocycles. The van der Waals surface area contributed by atoms with Crippen LogP contribution in [-0.2, 0) is 25.5 Å². The van der Waals surface area contributed by atoms with Crippen LogP contribution in [0.5, 0.6) is 0 Å². The third kappa shape index (κ3) is 7.66. The Morgan fingerprint density at radius 3 is 2.38 bits per heavy atom. The topological polar surface area (TPSA) is 95.9 Å². The second-order valence-electron chi connectivity index (χ2n) is 7.18. The third-order valence-electron chi connectivity index (χ3n) is 5.03. The Labute approximate surface area is 178 Å². The van der Waals surface area contributed by atoms with Crippen LogP contribution in [-0.4, -0.2) is 59.1 Å². The number of amides is 1. The summed E-state index contributed by atoms with van der Waals surface area (Å²) in [6.07, 6.45) is 3.97. The van der Waals surface area contributed by atoms with Crippen LogP contribution in [0.25, 0.3) is 0 Å². The summed E-state index contributed by atoms with van der Waals surface area (Å²) in [4.78, 5) is 38.2. The highest BCUT2D eigenvalue weighted by molar-refractivity contribution is 5.87. The monoisotopic (exact) mass is 426 g/mol. The van der Waals surface area contributed by atoms with Crippen molar-refractivity contribution in [1.82, 2.24) is 10.2 Å². The van der Waals surface area contributed by atoms with E-state index < -0.39 is 24.0 Å². The fraction of sp³-hybridized carbons (Fsp3) is 0.571. The average Bonchev–Trinajstić information content (AvgIpc) is 3.20. The van der Waals surface area contributed by atoms with E-state index in [9.17, 15) is 19.5 Å². The van der Waals surface area contributed by atoms with Gasteiger partial charge in [0, 0.05) is 6.04 Å². The van der Waals surface area contributed by atoms with Gasteiger partial charge in [0.05, 0.1) is 12.6 Å². The van der Waals surface area contributed by atoms with E-state index in [2.05, 4.69) is 5.32 Å². The van der Waals surface area contributed by atoms with Crippen molar-refractivity contribution in [2.45, 2.75) is 64.1 Å². The molecule has 1 fully saturated rings. The summed E-state index contributed by atoms with van der Waals surface area (Å²) in [5.74, 6) is -1.74. The van der Waals surface area contributed by atoms with Crippen LogP contribution in [0.1, 0.15) is 45.1 Å². The van der Waals surface area contributed by atoms with Crippen molar-refractivity contribution in [2.75, 3.05) is 13.2 Å². The number of esters is 1. The number of benzene rings is 1. The van der Waals surface area contributed by atoms with Gasteiger partial charge in [-0.1, -0.05) is 43.2 Å². The summed E-state index contributed by atoms with van der Waals surface area (Å²) in [5, 5.41) is 12.4. The molecule has 7 nitrogen and oxygen atoms in total. The highest BCUT2D eigenvalue weighted by Crippen LogP contribution is 2.24. The average molecular weight is 427 g/mol. The van der Waals surface area contributed by atoms with E-state index in [-0.39, 0.29) is 37.5 Å². The summed E-state index contributed by atoms with van der Waals surface area (Å²) in [6, 6.07) is 8.04. The van der Waals surface area contributed by atoms with E-state index in [0.717, 1.165) is 31.2 Å². The molecular formula is C21H31ClN2O5. The molecule has 2 atom stereocenters. The number of hydrogen-bond donors (Lipinski definition) is 2. The van der Waals surface area contributed by atoms with Gasteiger partial charge in [0.25, 0.3) is 0 Å². The van der Waals surface area contributed by atoms with Gasteiger partial charge in [-0.25, -0.2) is 0 Å². The van der Waals surface area contributed by atoms with E-state index in [1.807, 2.05) is 30.3 Å². The first kappa shape index (κ1) is 24.9. The maximum atomic E-state index is 13.3. The van der Waals surface area contributed by atoms with Gasteiger partial charge in [-0.3, -0.25) is 19.7 Å². The first-order valence-corrected chi connectivity index (χ1v) is 9.91. The molecule has 1 amide bonds. The predicted molar refractivity (Wildman–Crippen MR) is 112 cm³/mol. The maximum absolute atomic E-state index is 13.3. The number of nitrogens with zero attached hydrogens (tertiary/aromatic N) is 1. The molecule has 1 aliphatic carbocycles. The Morgan fingerprint density at radius 1 is 1.21 bits per heavy atom. The Bertz CT molecular complexity index is 664. The molecule has 29 heavy (non-hydrogen) atoms. The number of aliphatic carboxylic acids is 1. The molecule has 2 N–H and O–H groups in total. The molecule has 0 aliphatic heterocycles. The normalized spacial score (nSPS) is 15.8. The quantitative estimate of drug-likeness (QED) is 0.558. The molecule has 8 heteroatoms. The second-order valence-corrected chi connectivity index (χ2v) is 7.18. The van der Waals surface area contributed by atoms with Crippen LogP contribution in [0.15, 0.2) is 30.3 Å². The van der Waals surface area contributed by atoms with Gasteiger partial charge in [0.15, 0.2) is 0 Å². The Kier molecular flexibility index (Phi) is 10.7. The largest absolute Gasteiger partial charge is 0.480 e. The molecule has 0 spiro atoms. The lowest BCUT2D eigenvalue weighted by molar-refractivity contribution is -0.149. The lowest BCUT2D eigenvalue weighted by Gasteiger charge is -2.32. The number of nitrogens with one attached hydrogen (secondary N) is 1. The van der Waals surface area contributed by atoms with E-state index in [1.54, 1.807) is 13.8 Å². The van der Waals surface area contributed by atoms with Crippen LogP contribution in [0.3, 0.4) is 0 Å². The third-order valence-corrected chi connectivity index (χ3v) is 5.03. The summed E-state index contributed by atoms with van der Waals surface area (Å²) in [7, 11) is 0. The van der Waals surface area contributed by atoms with Crippen molar-refractivity contribution in [2.24, 2.45) is 0 Å². The summed E-state index contributed by atoms with van der Waals surface area (Å²) >= 11 is 0. The highest BCUT2D eigenvalue weighted by Gasteiger charge is 2.34. The fourth-order valence-electron chi connectivity index (χ4n) is 3.65. The molecule has 1 unspecified atom stereocenters. The lowest BCUT2D eigenvalue weighted by Crippen LogP contribution is -2.55. The number of carboxylic acids is 1. The number of ether oxygens (including phenoxy) is 1. The van der Waals surface area contributed by atoms with Crippen LogP contribution < -0.4 is 5.32 Å². The van der Waals surface area contributed by atoms with Gasteiger partial charge in [0.2, 0.25) is 5.91 Å². The molecule has 1 aliphatic rings. The summed E-state index contributed by atoms with van der Waals surface area (Å²) in [6.45, 7) is 3.31. The highest BCUT2D eigenvalue weighted by atomic mass is 35.5. The molecule has 0 bridgehead atoms. The first-order valence-electron chi connectivity index (χ1n) is 9.91. The number of carbonyl (C=O) groups excluding carboxylic acids is 2. The Hall–Kier alpha value is -2.12. The van der Waals surface area contributed by atoms with Crippen molar-refractivity contribution >= 4 is 30.3 Å². The molecule has 0 heterocycles. The Balaban J connectivity index is 0.00000420. The summed E-state index contributed by atoms with van der Waals surface area (Å²) in [5.41, 5.74) is 0.936. The first-order chi connectivity index (χ1) is 13.4. The Morgan fingerprint density at radius 2 is 1.83 bits per heavy atom. The molecule has 0 saturated heterocycles. The molecular weight excluding hydrogens is 396 g/mol. The van der Waals surface area contributed by atoms with Crippen molar-refractivity contribution in [3.05, 3.63) is 35.9 Å². The minimum absolute atomic E-state index is 0. The van der Waals surface area contributed by atoms with Gasteiger partial charge >= 0.3 is 11.9 Å². The van der Waals surface area contributed by atoms with Crippen molar-refractivity contribution in [3.63, 3.8) is 0 Å². The van der Waals surface area contributed by atoms with E-state index in [0.29, 0.717) is 6.42 Å².